The summed E-state index contributed by atoms with van der Waals surface area (Å²) >= 11 is 0. The molecule has 2 aliphatic rings. The molecule has 2 aliphatic heterocycles. The van der Waals surface area contributed by atoms with Crippen LogP contribution in [0.15, 0.2) is 0 Å². The molecule has 0 aromatic rings. The molecule has 2 saturated heterocycles. The molecule has 0 spiro atoms. The van der Waals surface area contributed by atoms with E-state index < -0.39 is 5.54 Å². The van der Waals surface area contributed by atoms with Gasteiger partial charge in [0.05, 0.1) is 6.10 Å². The summed E-state index contributed by atoms with van der Waals surface area (Å²) in [4.78, 5) is 30.1. The molecule has 132 valence electrons. The van der Waals surface area contributed by atoms with Crippen LogP contribution in [0.1, 0.15) is 34.1 Å². The third kappa shape index (κ3) is 4.22. The summed E-state index contributed by atoms with van der Waals surface area (Å²) in [5.74, 6) is -0.151. The largest absolute Gasteiger partial charge is 0.392 e. The smallest absolute Gasteiger partial charge is 0.325 e. The van der Waals surface area contributed by atoms with Gasteiger partial charge in [-0.1, -0.05) is 6.92 Å². The number of rotatable bonds is 6. The average molecular weight is 326 g/mol. The van der Waals surface area contributed by atoms with E-state index in [-0.39, 0.29) is 18.0 Å². The molecule has 2 atom stereocenters. The second-order valence-corrected chi connectivity index (χ2v) is 7.22. The van der Waals surface area contributed by atoms with Crippen LogP contribution in [0, 0.1) is 0 Å². The van der Waals surface area contributed by atoms with E-state index in [1.54, 1.807) is 13.8 Å². The number of aliphatic hydroxyl groups is 1. The van der Waals surface area contributed by atoms with Crippen LogP contribution in [-0.2, 0) is 4.79 Å². The minimum absolute atomic E-state index is 0.151. The van der Waals surface area contributed by atoms with Crippen LogP contribution < -0.4 is 5.32 Å². The highest BCUT2D eigenvalue weighted by Gasteiger charge is 2.44. The molecule has 2 N–H and O–H groups in total. The molecule has 2 heterocycles. The highest BCUT2D eigenvalue weighted by molar-refractivity contribution is 6.06. The van der Waals surface area contributed by atoms with Gasteiger partial charge in [0.2, 0.25) is 0 Å². The molecule has 7 nitrogen and oxygen atoms in total. The summed E-state index contributed by atoms with van der Waals surface area (Å²) in [6, 6.07) is 0.123. The van der Waals surface area contributed by atoms with Crippen LogP contribution >= 0.6 is 0 Å². The van der Waals surface area contributed by atoms with Crippen molar-refractivity contribution in [1.29, 1.82) is 0 Å². The molecule has 0 aromatic carbocycles. The number of piperazine rings is 1. The predicted molar refractivity (Wildman–Crippen MR) is 88.1 cm³/mol. The lowest BCUT2D eigenvalue weighted by Crippen LogP contribution is -2.55. The van der Waals surface area contributed by atoms with Gasteiger partial charge in [-0.15, -0.1) is 0 Å². The number of carbonyl (C=O) groups excluding carboxylic acids is 2. The van der Waals surface area contributed by atoms with Gasteiger partial charge in [0.15, 0.2) is 0 Å². The van der Waals surface area contributed by atoms with E-state index in [9.17, 15) is 14.7 Å². The highest BCUT2D eigenvalue weighted by Crippen LogP contribution is 2.17. The Morgan fingerprint density at radius 2 is 2.00 bits per heavy atom. The predicted octanol–water partition coefficient (Wildman–Crippen LogP) is 0.0938. The van der Waals surface area contributed by atoms with Crippen molar-refractivity contribution in [1.82, 2.24) is 20.0 Å². The molecular weight excluding hydrogens is 296 g/mol. The molecule has 23 heavy (non-hydrogen) atoms. The van der Waals surface area contributed by atoms with E-state index in [1.165, 1.54) is 4.90 Å². The van der Waals surface area contributed by atoms with Crippen LogP contribution in [0.3, 0.4) is 0 Å². The molecule has 0 radical (unpaired) electrons. The topological polar surface area (TPSA) is 76.1 Å². The first-order chi connectivity index (χ1) is 10.7. The molecule has 3 amide bonds. The van der Waals surface area contributed by atoms with Gasteiger partial charge in [0.1, 0.15) is 5.54 Å². The zero-order valence-electron chi connectivity index (χ0n) is 14.7. The zero-order chi connectivity index (χ0) is 17.2. The number of carbonyl (C=O) groups is 2. The Balaban J connectivity index is 1.86. The Bertz CT molecular complexity index is 453. The number of aliphatic hydroxyl groups excluding tert-OH is 1. The van der Waals surface area contributed by atoms with Crippen LogP contribution in [0.4, 0.5) is 4.79 Å². The molecule has 0 aromatic heterocycles. The third-order valence-corrected chi connectivity index (χ3v) is 4.74. The Morgan fingerprint density at radius 3 is 2.52 bits per heavy atom. The number of β-amino-alcohol motifs (C(OH)–C–C–N with tert-alkyl or cyclic N) is 1. The maximum absolute atomic E-state index is 12.2. The first-order valence-electron chi connectivity index (χ1n) is 8.53. The van der Waals surface area contributed by atoms with Crippen molar-refractivity contribution in [2.75, 3.05) is 39.3 Å². The molecule has 0 aliphatic carbocycles. The van der Waals surface area contributed by atoms with E-state index in [1.807, 2.05) is 6.92 Å². The monoisotopic (exact) mass is 326 g/mol. The number of imide groups is 1. The Morgan fingerprint density at radius 1 is 1.30 bits per heavy atom. The van der Waals surface area contributed by atoms with Gasteiger partial charge in [0, 0.05) is 45.3 Å². The molecule has 7 heteroatoms. The Kier molecular flexibility index (Phi) is 5.65. The molecule has 0 unspecified atom stereocenters. The number of urea groups is 1. The third-order valence-electron chi connectivity index (χ3n) is 4.74. The lowest BCUT2D eigenvalue weighted by Gasteiger charge is -2.42. The van der Waals surface area contributed by atoms with Crippen molar-refractivity contribution < 1.29 is 14.7 Å². The number of amides is 3. The van der Waals surface area contributed by atoms with E-state index in [4.69, 9.17) is 0 Å². The molecule has 2 rings (SSSR count). The number of hydrogen-bond acceptors (Lipinski definition) is 5. The van der Waals surface area contributed by atoms with Gasteiger partial charge in [-0.3, -0.25) is 19.5 Å². The van der Waals surface area contributed by atoms with Gasteiger partial charge < -0.3 is 10.4 Å². The van der Waals surface area contributed by atoms with Crippen LogP contribution in [0.25, 0.3) is 0 Å². The summed E-state index contributed by atoms with van der Waals surface area (Å²) < 4.78 is 0. The van der Waals surface area contributed by atoms with Crippen molar-refractivity contribution in [3.63, 3.8) is 0 Å². The summed E-state index contributed by atoms with van der Waals surface area (Å²) in [5, 5.41) is 12.3. The van der Waals surface area contributed by atoms with Gasteiger partial charge in [-0.25, -0.2) is 4.79 Å². The van der Waals surface area contributed by atoms with Gasteiger partial charge in [-0.05, 0) is 27.2 Å². The lowest BCUT2D eigenvalue weighted by molar-refractivity contribution is -0.130. The quantitative estimate of drug-likeness (QED) is 0.677. The number of nitrogens with zero attached hydrogens (tertiary/aromatic N) is 3. The average Bonchev–Trinajstić information content (AvgIpc) is 2.66. The van der Waals surface area contributed by atoms with Gasteiger partial charge in [0.25, 0.3) is 5.91 Å². The van der Waals surface area contributed by atoms with E-state index in [0.717, 1.165) is 26.1 Å². The number of nitrogens with one attached hydrogen (secondary N) is 1. The van der Waals surface area contributed by atoms with Crippen LogP contribution in [0.5, 0.6) is 0 Å². The fraction of sp³-hybridized carbons (Fsp3) is 0.875. The van der Waals surface area contributed by atoms with Crippen LogP contribution in [0.2, 0.25) is 0 Å². The maximum Gasteiger partial charge on any atom is 0.325 e. The SMILES string of the molecule is CC[C@@H]1CN(CCN2C(=O)NC(C)(C)C2=O)CCN1C[C@@H](C)O. The first-order valence-corrected chi connectivity index (χ1v) is 8.53. The molecule has 0 saturated carbocycles. The van der Waals surface area contributed by atoms with Crippen LogP contribution in [-0.4, -0.2) is 88.7 Å². The van der Waals surface area contributed by atoms with Crippen molar-refractivity contribution in [2.24, 2.45) is 0 Å². The summed E-state index contributed by atoms with van der Waals surface area (Å²) in [7, 11) is 0. The lowest BCUT2D eigenvalue weighted by atomic mass is 10.1. The van der Waals surface area contributed by atoms with Crippen molar-refractivity contribution in [3.8, 4) is 0 Å². The first kappa shape index (κ1) is 18.2. The molecule has 0 bridgehead atoms. The van der Waals surface area contributed by atoms with Crippen molar-refractivity contribution >= 4 is 11.9 Å². The second kappa shape index (κ2) is 7.15. The minimum atomic E-state index is -0.793. The second-order valence-electron chi connectivity index (χ2n) is 7.22. The van der Waals surface area contributed by atoms with Crippen molar-refractivity contribution in [2.45, 2.75) is 51.8 Å². The normalized spacial score (nSPS) is 27.3. The Hall–Kier alpha value is -1.18. The van der Waals surface area contributed by atoms with Gasteiger partial charge in [-0.2, -0.15) is 0 Å². The van der Waals surface area contributed by atoms with E-state index >= 15 is 0 Å². The maximum atomic E-state index is 12.2. The minimum Gasteiger partial charge on any atom is -0.392 e. The standard InChI is InChI=1S/C16H30N4O3/c1-5-13-11-18(6-8-19(13)10-12(2)21)7-9-20-14(22)16(3,4)17-15(20)23/h12-13,21H,5-11H2,1-4H3,(H,17,23)/t12-,13-/m1/s1. The van der Waals surface area contributed by atoms with E-state index in [0.29, 0.717) is 25.7 Å². The van der Waals surface area contributed by atoms with E-state index in [2.05, 4.69) is 22.0 Å². The Labute approximate surface area is 138 Å². The summed E-state index contributed by atoms with van der Waals surface area (Å²) in [6.45, 7) is 12.0. The summed E-state index contributed by atoms with van der Waals surface area (Å²) in [6.07, 6.45) is 0.711. The highest BCUT2D eigenvalue weighted by atomic mass is 16.3. The molecule has 2 fully saturated rings. The molecular formula is C16H30N4O3. The number of hydrogen-bond donors (Lipinski definition) is 2. The van der Waals surface area contributed by atoms with Gasteiger partial charge >= 0.3 is 6.03 Å². The fourth-order valence-corrected chi connectivity index (χ4v) is 3.39. The summed E-state index contributed by atoms with van der Waals surface area (Å²) in [5.41, 5.74) is -0.793. The zero-order valence-corrected chi connectivity index (χ0v) is 14.7. The fourth-order valence-electron chi connectivity index (χ4n) is 3.39. The van der Waals surface area contributed by atoms with Crippen molar-refractivity contribution in [3.05, 3.63) is 0 Å².